The molecule has 0 aromatic heterocycles. The minimum atomic E-state index is 0.0179. The van der Waals surface area contributed by atoms with Crippen LogP contribution in [0.5, 0.6) is 5.75 Å². The van der Waals surface area contributed by atoms with Crippen molar-refractivity contribution >= 4 is 6.03 Å². The molecule has 5 heteroatoms. The Morgan fingerprint density at radius 2 is 2.12 bits per heavy atom. The SMILES string of the molecule is COc1cccc(C[C@H](C)NC(=O)N(C)CC2CCN(C)CC2)c1. The number of rotatable bonds is 6. The molecule has 0 bridgehead atoms. The molecule has 2 amide bonds. The van der Waals surface area contributed by atoms with Gasteiger partial charge in [-0.15, -0.1) is 0 Å². The van der Waals surface area contributed by atoms with Crippen LogP contribution in [0, 0.1) is 5.92 Å². The fourth-order valence-electron chi connectivity index (χ4n) is 3.24. The normalized spacial score (nSPS) is 17.3. The van der Waals surface area contributed by atoms with Crippen molar-refractivity contribution in [3.63, 3.8) is 0 Å². The standard InChI is InChI=1S/C19H31N3O2/c1-15(12-17-6-5-7-18(13-17)24-4)20-19(23)22(3)14-16-8-10-21(2)11-9-16/h5-7,13,15-16H,8-12,14H2,1-4H3,(H,20,23)/t15-/m0/s1. The summed E-state index contributed by atoms with van der Waals surface area (Å²) in [6.07, 6.45) is 3.14. The molecule has 0 radical (unpaired) electrons. The molecule has 1 saturated heterocycles. The Hall–Kier alpha value is -1.75. The lowest BCUT2D eigenvalue weighted by molar-refractivity contribution is 0.168. The van der Waals surface area contributed by atoms with E-state index in [-0.39, 0.29) is 12.1 Å². The maximum absolute atomic E-state index is 12.4. The number of likely N-dealkylation sites (tertiary alicyclic amines) is 1. The predicted molar refractivity (Wildman–Crippen MR) is 97.5 cm³/mol. The summed E-state index contributed by atoms with van der Waals surface area (Å²) in [7, 11) is 5.72. The van der Waals surface area contributed by atoms with Gasteiger partial charge in [0.25, 0.3) is 0 Å². The molecule has 1 N–H and O–H groups in total. The van der Waals surface area contributed by atoms with Crippen LogP contribution in [0.15, 0.2) is 24.3 Å². The highest BCUT2D eigenvalue weighted by Crippen LogP contribution is 2.17. The third-order valence-electron chi connectivity index (χ3n) is 4.76. The van der Waals surface area contributed by atoms with Gasteiger partial charge in [0.1, 0.15) is 5.75 Å². The van der Waals surface area contributed by atoms with Gasteiger partial charge in [0.2, 0.25) is 0 Å². The number of carbonyl (C=O) groups excluding carboxylic acids is 1. The number of benzene rings is 1. The summed E-state index contributed by atoms with van der Waals surface area (Å²) in [5, 5.41) is 3.10. The second-order valence-electron chi connectivity index (χ2n) is 7.03. The zero-order chi connectivity index (χ0) is 17.5. The van der Waals surface area contributed by atoms with E-state index in [1.165, 1.54) is 18.4 Å². The van der Waals surface area contributed by atoms with Crippen LogP contribution in [0.1, 0.15) is 25.3 Å². The Morgan fingerprint density at radius 3 is 2.79 bits per heavy atom. The van der Waals surface area contributed by atoms with E-state index in [4.69, 9.17) is 4.74 Å². The molecule has 0 spiro atoms. The number of methoxy groups -OCH3 is 1. The van der Waals surface area contributed by atoms with Gasteiger partial charge in [0, 0.05) is 19.6 Å². The molecule has 1 fully saturated rings. The number of amides is 2. The van der Waals surface area contributed by atoms with Crippen molar-refractivity contribution in [2.24, 2.45) is 5.92 Å². The Kier molecular flexibility index (Phi) is 6.91. The quantitative estimate of drug-likeness (QED) is 0.870. The van der Waals surface area contributed by atoms with Gasteiger partial charge in [0.15, 0.2) is 0 Å². The van der Waals surface area contributed by atoms with E-state index < -0.39 is 0 Å². The number of piperidine rings is 1. The first-order valence-electron chi connectivity index (χ1n) is 8.81. The molecular formula is C19H31N3O2. The summed E-state index contributed by atoms with van der Waals surface area (Å²) in [6.45, 7) is 5.14. The van der Waals surface area contributed by atoms with Crippen LogP contribution in [0.25, 0.3) is 0 Å². The van der Waals surface area contributed by atoms with Crippen molar-refractivity contribution in [1.82, 2.24) is 15.1 Å². The first-order valence-corrected chi connectivity index (χ1v) is 8.81. The van der Waals surface area contributed by atoms with E-state index in [9.17, 15) is 4.79 Å². The third kappa shape index (κ3) is 5.71. The molecule has 5 nitrogen and oxygen atoms in total. The lowest BCUT2D eigenvalue weighted by atomic mass is 9.97. The molecule has 1 aromatic carbocycles. The van der Waals surface area contributed by atoms with Crippen LogP contribution in [-0.2, 0) is 6.42 Å². The number of hydrogen-bond acceptors (Lipinski definition) is 3. The first kappa shape index (κ1) is 18.6. The summed E-state index contributed by atoms with van der Waals surface area (Å²) < 4.78 is 5.25. The second kappa shape index (κ2) is 8.92. The fraction of sp³-hybridized carbons (Fsp3) is 0.632. The van der Waals surface area contributed by atoms with E-state index in [2.05, 4.69) is 23.3 Å². The first-order chi connectivity index (χ1) is 11.5. The molecular weight excluding hydrogens is 302 g/mol. The summed E-state index contributed by atoms with van der Waals surface area (Å²) in [6, 6.07) is 8.10. The maximum Gasteiger partial charge on any atom is 0.317 e. The second-order valence-corrected chi connectivity index (χ2v) is 7.03. The summed E-state index contributed by atoms with van der Waals surface area (Å²) in [4.78, 5) is 16.6. The molecule has 24 heavy (non-hydrogen) atoms. The summed E-state index contributed by atoms with van der Waals surface area (Å²) in [5.41, 5.74) is 1.17. The summed E-state index contributed by atoms with van der Waals surface area (Å²) in [5.74, 6) is 1.47. The molecule has 1 aromatic rings. The molecule has 0 unspecified atom stereocenters. The predicted octanol–water partition coefficient (Wildman–Crippen LogP) is 2.61. The Labute approximate surface area is 146 Å². The molecule has 0 aliphatic carbocycles. The van der Waals surface area contributed by atoms with Crippen LogP contribution in [0.4, 0.5) is 4.79 Å². The van der Waals surface area contributed by atoms with Gasteiger partial charge >= 0.3 is 6.03 Å². The van der Waals surface area contributed by atoms with Crippen LogP contribution >= 0.6 is 0 Å². The highest BCUT2D eigenvalue weighted by Gasteiger charge is 2.21. The van der Waals surface area contributed by atoms with Gasteiger partial charge in [-0.3, -0.25) is 0 Å². The van der Waals surface area contributed by atoms with Gasteiger partial charge in [0.05, 0.1) is 7.11 Å². The molecule has 0 saturated carbocycles. The average Bonchev–Trinajstić information content (AvgIpc) is 2.56. The lowest BCUT2D eigenvalue weighted by Crippen LogP contribution is -2.45. The van der Waals surface area contributed by atoms with E-state index in [1.54, 1.807) is 7.11 Å². The van der Waals surface area contributed by atoms with E-state index in [0.29, 0.717) is 5.92 Å². The zero-order valence-corrected chi connectivity index (χ0v) is 15.4. The third-order valence-corrected chi connectivity index (χ3v) is 4.76. The maximum atomic E-state index is 12.4. The number of hydrogen-bond donors (Lipinski definition) is 1. The number of nitrogens with zero attached hydrogens (tertiary/aromatic N) is 2. The largest absolute Gasteiger partial charge is 0.497 e. The molecule has 134 valence electrons. The zero-order valence-electron chi connectivity index (χ0n) is 15.4. The van der Waals surface area contributed by atoms with Gasteiger partial charge in [-0.05, 0) is 69.9 Å². The topological polar surface area (TPSA) is 44.8 Å². The number of ether oxygens (including phenoxy) is 1. The Balaban J connectivity index is 1.77. The molecule has 1 aliphatic heterocycles. The smallest absolute Gasteiger partial charge is 0.317 e. The van der Waals surface area contributed by atoms with E-state index >= 15 is 0 Å². The molecule has 2 rings (SSSR count). The van der Waals surface area contributed by atoms with Gasteiger partial charge in [-0.25, -0.2) is 4.79 Å². The Bertz CT molecular complexity index is 527. The average molecular weight is 333 g/mol. The van der Waals surface area contributed by atoms with Crippen LogP contribution in [0.2, 0.25) is 0 Å². The minimum Gasteiger partial charge on any atom is -0.497 e. The van der Waals surface area contributed by atoms with Gasteiger partial charge < -0.3 is 19.9 Å². The van der Waals surface area contributed by atoms with E-state index in [0.717, 1.165) is 31.8 Å². The highest BCUT2D eigenvalue weighted by atomic mass is 16.5. The van der Waals surface area contributed by atoms with Crippen molar-refractivity contribution in [3.05, 3.63) is 29.8 Å². The van der Waals surface area contributed by atoms with Gasteiger partial charge in [-0.1, -0.05) is 12.1 Å². The van der Waals surface area contributed by atoms with Crippen molar-refractivity contribution in [2.75, 3.05) is 40.8 Å². The molecule has 1 atom stereocenters. The highest BCUT2D eigenvalue weighted by molar-refractivity contribution is 5.74. The van der Waals surface area contributed by atoms with E-state index in [1.807, 2.05) is 37.1 Å². The lowest BCUT2D eigenvalue weighted by Gasteiger charge is -2.32. The Morgan fingerprint density at radius 1 is 1.42 bits per heavy atom. The number of carbonyl (C=O) groups is 1. The minimum absolute atomic E-state index is 0.0179. The van der Waals surface area contributed by atoms with Crippen molar-refractivity contribution < 1.29 is 9.53 Å². The summed E-state index contributed by atoms with van der Waals surface area (Å²) >= 11 is 0. The number of urea groups is 1. The number of nitrogens with one attached hydrogen (secondary N) is 1. The monoisotopic (exact) mass is 333 g/mol. The van der Waals surface area contributed by atoms with Gasteiger partial charge in [-0.2, -0.15) is 0 Å². The van der Waals surface area contributed by atoms with Crippen molar-refractivity contribution in [3.8, 4) is 5.75 Å². The van der Waals surface area contributed by atoms with Crippen LogP contribution in [0.3, 0.4) is 0 Å². The molecule has 1 heterocycles. The van der Waals surface area contributed by atoms with Crippen molar-refractivity contribution in [1.29, 1.82) is 0 Å². The fourth-order valence-corrected chi connectivity index (χ4v) is 3.24. The van der Waals surface area contributed by atoms with Crippen molar-refractivity contribution in [2.45, 2.75) is 32.2 Å². The molecule has 1 aliphatic rings. The van der Waals surface area contributed by atoms with Crippen LogP contribution < -0.4 is 10.1 Å². The van der Waals surface area contributed by atoms with Crippen LogP contribution in [-0.4, -0.2) is 62.7 Å².